The monoisotopic (exact) mass is 300 g/mol. The van der Waals surface area contributed by atoms with Crippen LogP contribution >= 0.6 is 11.8 Å². The molecule has 6 heteroatoms. The van der Waals surface area contributed by atoms with E-state index < -0.39 is 0 Å². The van der Waals surface area contributed by atoms with Crippen LogP contribution in [0, 0.1) is 6.92 Å². The largest absolute Gasteiger partial charge is 0.326 e. The second-order valence-corrected chi connectivity index (χ2v) is 5.70. The number of hydrogen-bond acceptors (Lipinski definition) is 4. The van der Waals surface area contributed by atoms with Gasteiger partial charge in [0.25, 0.3) is 5.56 Å². The molecule has 108 valence electrons. The Hall–Kier alpha value is -2.08. The van der Waals surface area contributed by atoms with Crippen molar-refractivity contribution in [3.8, 4) is 0 Å². The molecular weight excluding hydrogens is 284 g/mol. The molecule has 5 nitrogen and oxygen atoms in total. The Bertz CT molecular complexity index is 837. The molecule has 0 spiro atoms. The predicted molar refractivity (Wildman–Crippen MR) is 83.7 cm³/mol. The van der Waals surface area contributed by atoms with E-state index in [0.717, 1.165) is 28.6 Å². The summed E-state index contributed by atoms with van der Waals surface area (Å²) >= 11 is 1.60. The summed E-state index contributed by atoms with van der Waals surface area (Å²) in [5, 5.41) is 0.948. The maximum absolute atomic E-state index is 12.1. The molecule has 3 rings (SSSR count). The third-order valence-corrected chi connectivity index (χ3v) is 4.34. The van der Waals surface area contributed by atoms with Crippen LogP contribution in [0.1, 0.15) is 18.2 Å². The molecule has 0 radical (unpaired) electrons. The van der Waals surface area contributed by atoms with Crippen molar-refractivity contribution in [1.29, 1.82) is 0 Å². The van der Waals surface area contributed by atoms with Gasteiger partial charge in [0.05, 0.1) is 5.69 Å². The number of aryl methyl sites for hydroxylation is 2. The number of nitrogens with zero attached hydrogens (tertiary/aromatic N) is 4. The van der Waals surface area contributed by atoms with Crippen LogP contribution in [0.4, 0.5) is 0 Å². The van der Waals surface area contributed by atoms with Crippen LogP contribution in [-0.4, -0.2) is 18.9 Å². The highest BCUT2D eigenvalue weighted by Gasteiger charge is 2.07. The topological polar surface area (TPSA) is 52.2 Å². The van der Waals surface area contributed by atoms with Gasteiger partial charge in [-0.15, -0.1) is 0 Å². The summed E-state index contributed by atoms with van der Waals surface area (Å²) in [5.41, 5.74) is 2.46. The molecule has 0 saturated carbocycles. The number of pyridine rings is 1. The lowest BCUT2D eigenvalue weighted by atomic mass is 10.3. The van der Waals surface area contributed by atoms with Crippen LogP contribution in [0.3, 0.4) is 0 Å². The summed E-state index contributed by atoms with van der Waals surface area (Å²) in [7, 11) is 0. The lowest BCUT2D eigenvalue weighted by molar-refractivity contribution is 0.681. The zero-order valence-corrected chi connectivity index (χ0v) is 12.8. The number of fused-ring (bicyclic) bond motifs is 1. The zero-order valence-electron chi connectivity index (χ0n) is 12.0. The minimum Gasteiger partial charge on any atom is -0.326 e. The van der Waals surface area contributed by atoms with Gasteiger partial charge in [0, 0.05) is 37.0 Å². The molecule has 0 N–H and O–H groups in total. The van der Waals surface area contributed by atoms with Crippen molar-refractivity contribution < 1.29 is 0 Å². The minimum atomic E-state index is -0.0434. The van der Waals surface area contributed by atoms with E-state index in [1.165, 1.54) is 0 Å². The van der Waals surface area contributed by atoms with Crippen molar-refractivity contribution in [2.45, 2.75) is 31.3 Å². The second-order valence-electron chi connectivity index (χ2n) is 4.76. The summed E-state index contributed by atoms with van der Waals surface area (Å²) in [6.45, 7) is 4.92. The zero-order chi connectivity index (χ0) is 14.8. The number of imidazole rings is 1. The molecule has 3 aromatic rings. The van der Waals surface area contributed by atoms with E-state index >= 15 is 0 Å². The second kappa shape index (κ2) is 5.73. The van der Waals surface area contributed by atoms with Crippen molar-refractivity contribution in [3.05, 3.63) is 58.4 Å². The van der Waals surface area contributed by atoms with Crippen molar-refractivity contribution in [2.24, 2.45) is 0 Å². The third-order valence-electron chi connectivity index (χ3n) is 3.31. The average molecular weight is 300 g/mol. The summed E-state index contributed by atoms with van der Waals surface area (Å²) in [6, 6.07) is 5.42. The van der Waals surface area contributed by atoms with Gasteiger partial charge in [0.15, 0.2) is 5.16 Å². The molecule has 3 heterocycles. The molecule has 0 aliphatic rings. The number of aromatic nitrogens is 4. The Morgan fingerprint density at radius 2 is 2.19 bits per heavy atom. The molecule has 0 aliphatic heterocycles. The van der Waals surface area contributed by atoms with Gasteiger partial charge in [-0.2, -0.15) is 0 Å². The normalized spacial score (nSPS) is 11.1. The van der Waals surface area contributed by atoms with Gasteiger partial charge in [-0.1, -0.05) is 17.8 Å². The maximum Gasteiger partial charge on any atom is 0.258 e. The quantitative estimate of drug-likeness (QED) is 0.695. The molecular formula is C15H16N4OS. The van der Waals surface area contributed by atoms with E-state index in [0.29, 0.717) is 5.75 Å². The van der Waals surface area contributed by atoms with Crippen LogP contribution in [0.25, 0.3) is 5.65 Å². The van der Waals surface area contributed by atoms with Gasteiger partial charge in [-0.05, 0) is 25.5 Å². The molecule has 0 atom stereocenters. The number of hydrogen-bond donors (Lipinski definition) is 0. The van der Waals surface area contributed by atoms with Crippen LogP contribution in [-0.2, 0) is 12.3 Å². The first-order valence-corrected chi connectivity index (χ1v) is 7.79. The van der Waals surface area contributed by atoms with Crippen molar-refractivity contribution in [1.82, 2.24) is 18.9 Å². The highest BCUT2D eigenvalue weighted by atomic mass is 32.2. The van der Waals surface area contributed by atoms with Gasteiger partial charge in [-0.25, -0.2) is 9.97 Å². The fraction of sp³-hybridized carbons (Fsp3) is 0.267. The predicted octanol–water partition coefficient (Wildman–Crippen LogP) is 2.51. The minimum absolute atomic E-state index is 0.0434. The highest BCUT2D eigenvalue weighted by molar-refractivity contribution is 7.98. The smallest absolute Gasteiger partial charge is 0.258 e. The van der Waals surface area contributed by atoms with E-state index in [4.69, 9.17) is 0 Å². The summed E-state index contributed by atoms with van der Waals surface area (Å²) < 4.78 is 3.65. The molecule has 0 unspecified atom stereocenters. The Morgan fingerprint density at radius 1 is 1.33 bits per heavy atom. The van der Waals surface area contributed by atoms with Crippen molar-refractivity contribution in [3.63, 3.8) is 0 Å². The lowest BCUT2D eigenvalue weighted by Gasteiger charge is -2.06. The first-order chi connectivity index (χ1) is 10.2. The van der Waals surface area contributed by atoms with Crippen LogP contribution in [0.5, 0.6) is 0 Å². The van der Waals surface area contributed by atoms with Crippen LogP contribution in [0.15, 0.2) is 46.7 Å². The van der Waals surface area contributed by atoms with Gasteiger partial charge in [0.2, 0.25) is 0 Å². The fourth-order valence-corrected chi connectivity index (χ4v) is 3.11. The Labute approximate surface area is 126 Å². The maximum atomic E-state index is 12.1. The molecule has 0 aromatic carbocycles. The first kappa shape index (κ1) is 13.9. The molecule has 0 fully saturated rings. The molecule has 0 aliphatic carbocycles. The fourth-order valence-electron chi connectivity index (χ4n) is 2.20. The van der Waals surface area contributed by atoms with Gasteiger partial charge < -0.3 is 4.57 Å². The first-order valence-electron chi connectivity index (χ1n) is 6.81. The molecule has 21 heavy (non-hydrogen) atoms. The average Bonchev–Trinajstić information content (AvgIpc) is 2.94. The Kier molecular flexibility index (Phi) is 3.79. The number of rotatable bonds is 4. The standard InChI is InChI=1S/C15H16N4OS/c1-3-18-8-6-16-15(18)21-10-12-9-13(20)19-7-4-5-11(2)14(19)17-12/h4-9H,3,10H2,1-2H3. The SMILES string of the molecule is CCn1ccnc1SCc1cc(=O)n2cccc(C)c2n1. The Balaban J connectivity index is 1.91. The van der Waals surface area contributed by atoms with E-state index in [9.17, 15) is 4.79 Å². The van der Waals surface area contributed by atoms with Crippen LogP contribution < -0.4 is 5.56 Å². The Morgan fingerprint density at radius 3 is 3.00 bits per heavy atom. The van der Waals surface area contributed by atoms with E-state index in [2.05, 4.69) is 21.5 Å². The van der Waals surface area contributed by atoms with Gasteiger partial charge >= 0.3 is 0 Å². The van der Waals surface area contributed by atoms with Crippen molar-refractivity contribution in [2.75, 3.05) is 0 Å². The summed E-state index contributed by atoms with van der Waals surface area (Å²) in [4.78, 5) is 21.0. The van der Waals surface area contributed by atoms with E-state index in [-0.39, 0.29) is 5.56 Å². The highest BCUT2D eigenvalue weighted by Crippen LogP contribution is 2.20. The summed E-state index contributed by atoms with van der Waals surface area (Å²) in [5.74, 6) is 0.636. The summed E-state index contributed by atoms with van der Waals surface area (Å²) in [6.07, 6.45) is 5.49. The van der Waals surface area contributed by atoms with Gasteiger partial charge in [-0.3, -0.25) is 9.20 Å². The molecule has 0 amide bonds. The van der Waals surface area contributed by atoms with Crippen molar-refractivity contribution >= 4 is 17.4 Å². The van der Waals surface area contributed by atoms with E-state index in [1.807, 2.05) is 25.3 Å². The van der Waals surface area contributed by atoms with Crippen LogP contribution in [0.2, 0.25) is 0 Å². The molecule has 3 aromatic heterocycles. The lowest BCUT2D eigenvalue weighted by Crippen LogP contribution is -2.15. The molecule has 0 bridgehead atoms. The third kappa shape index (κ3) is 2.71. The molecule has 0 saturated heterocycles. The van der Waals surface area contributed by atoms with E-state index in [1.54, 1.807) is 34.6 Å². The van der Waals surface area contributed by atoms with Gasteiger partial charge in [0.1, 0.15) is 5.65 Å². The number of thioether (sulfide) groups is 1.